The highest BCUT2D eigenvalue weighted by Gasteiger charge is 2.38. The van der Waals surface area contributed by atoms with E-state index >= 15 is 0 Å². The summed E-state index contributed by atoms with van der Waals surface area (Å²) in [6.07, 6.45) is 0.715. The molecule has 280 valence electrons. The number of hydrogen-bond donors (Lipinski definition) is 3. The highest BCUT2D eigenvalue weighted by Crippen LogP contribution is 2.36. The molecule has 17 heteroatoms. The first-order valence-electron chi connectivity index (χ1n) is 16.9. The van der Waals surface area contributed by atoms with Crippen molar-refractivity contribution in [2.45, 2.75) is 32.9 Å². The van der Waals surface area contributed by atoms with Gasteiger partial charge in [-0.2, -0.15) is 8.42 Å². The van der Waals surface area contributed by atoms with Gasteiger partial charge in [-0.15, -0.1) is 0 Å². The molecule has 3 N–H and O–H groups in total. The topological polar surface area (TPSA) is 222 Å². The number of rotatable bonds is 11. The zero-order chi connectivity index (χ0) is 39.1. The van der Waals surface area contributed by atoms with Crippen LogP contribution in [0.4, 0.5) is 5.69 Å². The van der Waals surface area contributed by atoms with Gasteiger partial charge in [0, 0.05) is 89.5 Å². The van der Waals surface area contributed by atoms with Crippen molar-refractivity contribution < 1.29 is 41.6 Å². The molecule has 0 saturated heterocycles. The van der Waals surface area contributed by atoms with Crippen LogP contribution < -0.4 is 10.6 Å². The molecule has 3 heterocycles. The largest absolute Gasteiger partial charge is 0.356 e. The Morgan fingerprint density at radius 1 is 0.778 bits per heavy atom. The molecule has 4 aromatic carbocycles. The second-order valence-corrected chi connectivity index (χ2v) is 14.7. The molecule has 2 aliphatic heterocycles. The third-order valence-electron chi connectivity index (χ3n) is 9.10. The lowest BCUT2D eigenvalue weighted by Gasteiger charge is -2.32. The second kappa shape index (κ2) is 14.9. The Kier molecular flexibility index (Phi) is 10.4. The zero-order valence-electron chi connectivity index (χ0n) is 29.7. The van der Waals surface area contributed by atoms with E-state index in [2.05, 4.69) is 15.8 Å². The molecule has 0 bridgehead atoms. The monoisotopic (exact) mass is 756 g/mol. The number of nitrogens with zero attached hydrogens (tertiary/aromatic N) is 4. The summed E-state index contributed by atoms with van der Waals surface area (Å²) in [6, 6.07) is 17.3. The number of nitro groups is 1. The molecule has 5 aromatic rings. The standard InChI is InChI=1S/C36H32N6O7.CH4O3S/c1-19-12-30(49-39-19)24-13-22-6-4-8-26-31(22)28(15-24)35(45)40(33(26)43)20(2)17-37-10-11-38-18-21(3)41-34(44)27-9-5-7-23-14-25(42(47)48)16-29(32(23)27)36(41)46;1-5(2,3)4/h4-9,12-16,20-21,37-38H,10-11,17-18H2,1-3H3;1H3,(H,2,3,4)/t20-,21+;/m0./s1. The summed E-state index contributed by atoms with van der Waals surface area (Å²) in [5.41, 5.74) is 2.55. The van der Waals surface area contributed by atoms with E-state index in [1.54, 1.807) is 49.4 Å². The molecule has 0 spiro atoms. The molecule has 0 saturated carbocycles. The van der Waals surface area contributed by atoms with E-state index < -0.39 is 38.9 Å². The van der Waals surface area contributed by atoms with Crippen molar-refractivity contribution in [3.05, 3.63) is 105 Å². The van der Waals surface area contributed by atoms with Gasteiger partial charge in [0.15, 0.2) is 5.76 Å². The lowest BCUT2D eigenvalue weighted by molar-refractivity contribution is -0.384. The minimum atomic E-state index is -3.67. The van der Waals surface area contributed by atoms with E-state index in [4.69, 9.17) is 9.08 Å². The lowest BCUT2D eigenvalue weighted by atomic mass is 9.91. The maximum absolute atomic E-state index is 13.8. The number of aryl methyl sites for hydroxylation is 1. The summed E-state index contributed by atoms with van der Waals surface area (Å²) in [6.45, 7) is 6.93. The van der Waals surface area contributed by atoms with Crippen molar-refractivity contribution in [3.8, 4) is 11.3 Å². The van der Waals surface area contributed by atoms with Crippen LogP contribution in [-0.2, 0) is 10.1 Å². The van der Waals surface area contributed by atoms with Crippen LogP contribution >= 0.6 is 0 Å². The van der Waals surface area contributed by atoms with Gasteiger partial charge in [-0.1, -0.05) is 29.4 Å². The van der Waals surface area contributed by atoms with Gasteiger partial charge in [-0.05, 0) is 55.8 Å². The minimum absolute atomic E-state index is 0.131. The molecule has 2 aliphatic rings. The van der Waals surface area contributed by atoms with E-state index in [0.29, 0.717) is 70.1 Å². The first kappa shape index (κ1) is 37.9. The Morgan fingerprint density at radius 3 is 1.70 bits per heavy atom. The number of non-ortho nitro benzene ring substituents is 1. The van der Waals surface area contributed by atoms with Gasteiger partial charge in [-0.3, -0.25) is 43.6 Å². The molecular weight excluding hydrogens is 721 g/mol. The SMILES string of the molecule is CS(=O)(=O)O.Cc1cc(-c2cc3c4c(cccc4c2)C(=O)N([C@@H](C)CNCCNC[C@@H](C)N2C(=O)c4cccc5cc([N+](=O)[O-])cc(c45)C2=O)C3=O)on1. The minimum Gasteiger partial charge on any atom is -0.356 e. The Morgan fingerprint density at radius 2 is 1.24 bits per heavy atom. The lowest BCUT2D eigenvalue weighted by Crippen LogP contribution is -2.51. The van der Waals surface area contributed by atoms with Gasteiger partial charge in [0.25, 0.3) is 39.4 Å². The number of nitrogens with one attached hydrogen (secondary N) is 2. The third kappa shape index (κ3) is 7.47. The van der Waals surface area contributed by atoms with Gasteiger partial charge in [0.2, 0.25) is 0 Å². The average Bonchev–Trinajstić information content (AvgIpc) is 3.56. The smallest absolute Gasteiger partial charge is 0.270 e. The molecule has 1 aromatic heterocycles. The van der Waals surface area contributed by atoms with Gasteiger partial charge in [0.05, 0.1) is 22.4 Å². The predicted octanol–water partition coefficient (Wildman–Crippen LogP) is 4.22. The zero-order valence-corrected chi connectivity index (χ0v) is 30.5. The average molecular weight is 757 g/mol. The van der Waals surface area contributed by atoms with E-state index in [9.17, 15) is 37.7 Å². The molecule has 0 unspecified atom stereocenters. The number of nitro benzene ring substituents is 1. The van der Waals surface area contributed by atoms with Crippen LogP contribution in [0.25, 0.3) is 32.9 Å². The Hall–Kier alpha value is -5.88. The van der Waals surface area contributed by atoms with Crippen LogP contribution in [0, 0.1) is 17.0 Å². The number of carbonyl (C=O) groups excluding carboxylic acids is 4. The maximum Gasteiger partial charge on any atom is 0.270 e. The summed E-state index contributed by atoms with van der Waals surface area (Å²) >= 11 is 0. The fourth-order valence-corrected chi connectivity index (χ4v) is 6.77. The van der Waals surface area contributed by atoms with E-state index in [1.807, 2.05) is 26.0 Å². The molecule has 7 rings (SSSR count). The summed E-state index contributed by atoms with van der Waals surface area (Å²) in [5, 5.41) is 24.3. The summed E-state index contributed by atoms with van der Waals surface area (Å²) in [7, 11) is -3.67. The fourth-order valence-electron chi connectivity index (χ4n) is 6.77. The van der Waals surface area contributed by atoms with Crippen LogP contribution in [0.2, 0.25) is 0 Å². The van der Waals surface area contributed by atoms with Crippen molar-refractivity contribution in [3.63, 3.8) is 0 Å². The normalized spacial score (nSPS) is 15.1. The number of aromatic nitrogens is 1. The van der Waals surface area contributed by atoms with Crippen molar-refractivity contribution in [2.24, 2.45) is 0 Å². The predicted molar refractivity (Wildman–Crippen MR) is 198 cm³/mol. The van der Waals surface area contributed by atoms with E-state index in [1.165, 1.54) is 17.0 Å². The quantitative estimate of drug-likeness (QED) is 0.0566. The molecule has 0 aliphatic carbocycles. The fraction of sp³-hybridized carbons (Fsp3) is 0.270. The molecule has 16 nitrogen and oxygen atoms in total. The number of imide groups is 2. The van der Waals surface area contributed by atoms with Gasteiger partial charge in [-0.25, -0.2) is 0 Å². The Bertz CT molecular complexity index is 2470. The first-order valence-corrected chi connectivity index (χ1v) is 18.7. The molecule has 54 heavy (non-hydrogen) atoms. The molecule has 0 fully saturated rings. The number of benzene rings is 4. The van der Waals surface area contributed by atoms with Crippen LogP contribution in [0.3, 0.4) is 0 Å². The highest BCUT2D eigenvalue weighted by atomic mass is 32.2. The summed E-state index contributed by atoms with van der Waals surface area (Å²) < 4.78 is 31.3. The second-order valence-electron chi connectivity index (χ2n) is 13.2. The maximum atomic E-state index is 13.8. The van der Waals surface area contributed by atoms with Crippen LogP contribution in [0.15, 0.2) is 71.3 Å². The van der Waals surface area contributed by atoms with Crippen LogP contribution in [0.1, 0.15) is 61.0 Å². The Balaban J connectivity index is 0.000000934. The Labute approximate surface area is 309 Å². The van der Waals surface area contributed by atoms with E-state index in [0.717, 1.165) is 16.0 Å². The number of amides is 4. The molecule has 4 amide bonds. The van der Waals surface area contributed by atoms with Crippen molar-refractivity contribution >= 4 is 61.0 Å². The summed E-state index contributed by atoms with van der Waals surface area (Å²) in [4.78, 5) is 67.5. The van der Waals surface area contributed by atoms with Gasteiger partial charge < -0.3 is 15.2 Å². The summed E-state index contributed by atoms with van der Waals surface area (Å²) in [5.74, 6) is -1.23. The van der Waals surface area contributed by atoms with Gasteiger partial charge in [0.1, 0.15) is 0 Å². The van der Waals surface area contributed by atoms with Crippen molar-refractivity contribution in [2.75, 3.05) is 32.4 Å². The van der Waals surface area contributed by atoms with Gasteiger partial charge >= 0.3 is 0 Å². The number of hydrogen-bond acceptors (Lipinski definition) is 12. The van der Waals surface area contributed by atoms with E-state index in [-0.39, 0.29) is 29.6 Å². The van der Waals surface area contributed by atoms with Crippen molar-refractivity contribution in [1.82, 2.24) is 25.6 Å². The van der Waals surface area contributed by atoms with Crippen LogP contribution in [0.5, 0.6) is 0 Å². The van der Waals surface area contributed by atoms with Crippen molar-refractivity contribution in [1.29, 1.82) is 0 Å². The molecule has 2 atom stereocenters. The highest BCUT2D eigenvalue weighted by molar-refractivity contribution is 7.85. The molecule has 0 radical (unpaired) electrons. The number of carbonyl (C=O) groups is 4. The molecular formula is C37H36N6O10S. The third-order valence-corrected chi connectivity index (χ3v) is 9.10. The first-order chi connectivity index (χ1) is 25.5. The van der Waals surface area contributed by atoms with Crippen LogP contribution in [-0.4, -0.2) is 101 Å².